The van der Waals surface area contributed by atoms with Crippen LogP contribution in [-0.4, -0.2) is 46.9 Å². The van der Waals surface area contributed by atoms with Gasteiger partial charge in [0.2, 0.25) is 0 Å². The third-order valence-corrected chi connectivity index (χ3v) is 1.98. The average Bonchev–Trinajstić information content (AvgIpc) is 2.25. The van der Waals surface area contributed by atoms with Crippen LogP contribution in [0.15, 0.2) is 0 Å². The minimum atomic E-state index is -0.116. The zero-order valence-electron chi connectivity index (χ0n) is 10.2. The summed E-state index contributed by atoms with van der Waals surface area (Å²) < 4.78 is 20.9. The molecule has 0 aromatic rings. The van der Waals surface area contributed by atoms with E-state index < -0.39 is 0 Å². The van der Waals surface area contributed by atoms with Gasteiger partial charge in [0, 0.05) is 14.2 Å². The molecule has 92 valence electrons. The van der Waals surface area contributed by atoms with Crippen molar-refractivity contribution in [3.05, 3.63) is 0 Å². The van der Waals surface area contributed by atoms with Crippen molar-refractivity contribution in [3.63, 3.8) is 0 Å². The molecule has 4 heteroatoms. The van der Waals surface area contributed by atoms with Gasteiger partial charge in [-0.3, -0.25) is 0 Å². The van der Waals surface area contributed by atoms with Crippen LogP contribution in [-0.2, 0) is 18.9 Å². The van der Waals surface area contributed by atoms with E-state index in [1.165, 1.54) is 0 Å². The topological polar surface area (TPSA) is 36.9 Å². The van der Waals surface area contributed by atoms with E-state index >= 15 is 0 Å². The monoisotopic (exact) mass is 220 g/mol. The van der Waals surface area contributed by atoms with Crippen molar-refractivity contribution in [2.75, 3.05) is 40.6 Å². The number of unbranched alkanes of at least 4 members (excludes halogenated alkanes) is 1. The molecule has 15 heavy (non-hydrogen) atoms. The first-order valence-electron chi connectivity index (χ1n) is 5.56. The maximum Gasteiger partial charge on any atom is 0.157 e. The van der Waals surface area contributed by atoms with E-state index in [1.54, 1.807) is 14.2 Å². The van der Waals surface area contributed by atoms with E-state index in [-0.39, 0.29) is 6.29 Å². The lowest BCUT2D eigenvalue weighted by Gasteiger charge is -2.18. The van der Waals surface area contributed by atoms with E-state index in [2.05, 4.69) is 6.92 Å². The van der Waals surface area contributed by atoms with E-state index in [4.69, 9.17) is 18.9 Å². The average molecular weight is 220 g/mol. The van der Waals surface area contributed by atoms with Crippen LogP contribution in [0.25, 0.3) is 0 Å². The minimum absolute atomic E-state index is 0.116. The Morgan fingerprint density at radius 2 is 1.40 bits per heavy atom. The molecule has 0 unspecified atom stereocenters. The first-order valence-corrected chi connectivity index (χ1v) is 5.56. The summed E-state index contributed by atoms with van der Waals surface area (Å²) in [5.74, 6) is 0. The highest BCUT2D eigenvalue weighted by atomic mass is 16.7. The molecule has 0 rings (SSSR count). The molecule has 0 aromatic carbocycles. The SMILES string of the molecule is CCCCC(OCCOC)OCCOC. The van der Waals surface area contributed by atoms with Crippen molar-refractivity contribution in [2.45, 2.75) is 32.5 Å². The molecule has 0 aromatic heterocycles. The Morgan fingerprint density at radius 1 is 0.867 bits per heavy atom. The summed E-state index contributed by atoms with van der Waals surface area (Å²) in [5, 5.41) is 0. The Hall–Kier alpha value is -0.160. The lowest BCUT2D eigenvalue weighted by Crippen LogP contribution is -2.21. The summed E-state index contributed by atoms with van der Waals surface area (Å²) in [7, 11) is 3.33. The van der Waals surface area contributed by atoms with Gasteiger partial charge in [-0.15, -0.1) is 0 Å². The fraction of sp³-hybridized carbons (Fsp3) is 1.00. The highest BCUT2D eigenvalue weighted by molar-refractivity contribution is 4.46. The molecule has 0 saturated heterocycles. The normalized spacial score (nSPS) is 11.2. The fourth-order valence-corrected chi connectivity index (χ4v) is 1.11. The van der Waals surface area contributed by atoms with Gasteiger partial charge in [-0.25, -0.2) is 0 Å². The Morgan fingerprint density at radius 3 is 1.80 bits per heavy atom. The lowest BCUT2D eigenvalue weighted by molar-refractivity contribution is -0.158. The number of ether oxygens (including phenoxy) is 4. The smallest absolute Gasteiger partial charge is 0.157 e. The highest BCUT2D eigenvalue weighted by Crippen LogP contribution is 2.06. The molecule has 4 nitrogen and oxygen atoms in total. The van der Waals surface area contributed by atoms with Crippen LogP contribution in [0.5, 0.6) is 0 Å². The van der Waals surface area contributed by atoms with Gasteiger partial charge in [0.25, 0.3) is 0 Å². The number of methoxy groups -OCH3 is 2. The molecule has 0 aliphatic rings. The van der Waals surface area contributed by atoms with Crippen molar-refractivity contribution >= 4 is 0 Å². The molecule has 0 saturated carbocycles. The fourth-order valence-electron chi connectivity index (χ4n) is 1.11. The molecule has 0 atom stereocenters. The van der Waals surface area contributed by atoms with Gasteiger partial charge in [-0.1, -0.05) is 13.3 Å². The van der Waals surface area contributed by atoms with Gasteiger partial charge in [-0.2, -0.15) is 0 Å². The van der Waals surface area contributed by atoms with Crippen molar-refractivity contribution in [3.8, 4) is 0 Å². The molecule has 0 aliphatic carbocycles. The summed E-state index contributed by atoms with van der Waals surface area (Å²) in [4.78, 5) is 0. The second-order valence-electron chi connectivity index (χ2n) is 3.30. The first kappa shape index (κ1) is 14.8. The van der Waals surface area contributed by atoms with Crippen LogP contribution >= 0.6 is 0 Å². The summed E-state index contributed by atoms with van der Waals surface area (Å²) in [6.07, 6.45) is 3.09. The van der Waals surface area contributed by atoms with Crippen LogP contribution in [0.4, 0.5) is 0 Å². The van der Waals surface area contributed by atoms with Crippen molar-refractivity contribution in [1.29, 1.82) is 0 Å². The van der Waals surface area contributed by atoms with Crippen LogP contribution in [0.2, 0.25) is 0 Å². The predicted molar refractivity (Wildman–Crippen MR) is 59.0 cm³/mol. The third kappa shape index (κ3) is 10.1. The van der Waals surface area contributed by atoms with Gasteiger partial charge >= 0.3 is 0 Å². The second kappa shape index (κ2) is 11.9. The molecule has 0 N–H and O–H groups in total. The van der Waals surface area contributed by atoms with Crippen LogP contribution in [0.1, 0.15) is 26.2 Å². The highest BCUT2D eigenvalue weighted by Gasteiger charge is 2.08. The Labute approximate surface area is 92.8 Å². The molecule has 0 bridgehead atoms. The zero-order valence-corrected chi connectivity index (χ0v) is 10.2. The minimum Gasteiger partial charge on any atom is -0.382 e. The van der Waals surface area contributed by atoms with E-state index in [0.29, 0.717) is 26.4 Å². The van der Waals surface area contributed by atoms with Crippen molar-refractivity contribution in [1.82, 2.24) is 0 Å². The molecule has 0 aliphatic heterocycles. The summed E-state index contributed by atoms with van der Waals surface area (Å²) in [6, 6.07) is 0. The van der Waals surface area contributed by atoms with Gasteiger partial charge in [0.1, 0.15) is 0 Å². The van der Waals surface area contributed by atoms with Gasteiger partial charge in [0.15, 0.2) is 6.29 Å². The van der Waals surface area contributed by atoms with E-state index in [0.717, 1.165) is 19.3 Å². The largest absolute Gasteiger partial charge is 0.382 e. The molecule has 0 fully saturated rings. The summed E-state index contributed by atoms with van der Waals surface area (Å²) >= 11 is 0. The van der Waals surface area contributed by atoms with Gasteiger partial charge in [-0.05, 0) is 12.8 Å². The zero-order chi connectivity index (χ0) is 11.4. The Bertz CT molecular complexity index is 109. The maximum absolute atomic E-state index is 5.53. The summed E-state index contributed by atoms with van der Waals surface area (Å²) in [6.45, 7) is 4.53. The van der Waals surface area contributed by atoms with Crippen LogP contribution in [0, 0.1) is 0 Å². The van der Waals surface area contributed by atoms with E-state index in [9.17, 15) is 0 Å². The third-order valence-electron chi connectivity index (χ3n) is 1.98. The Kier molecular flexibility index (Phi) is 11.8. The van der Waals surface area contributed by atoms with Crippen molar-refractivity contribution in [2.24, 2.45) is 0 Å². The molecule has 0 heterocycles. The lowest BCUT2D eigenvalue weighted by atomic mass is 10.2. The molecule has 0 radical (unpaired) electrons. The first-order chi connectivity index (χ1) is 7.35. The molecule has 0 spiro atoms. The Balaban J connectivity index is 3.53. The van der Waals surface area contributed by atoms with Crippen LogP contribution < -0.4 is 0 Å². The second-order valence-corrected chi connectivity index (χ2v) is 3.30. The maximum atomic E-state index is 5.53. The van der Waals surface area contributed by atoms with Crippen molar-refractivity contribution < 1.29 is 18.9 Å². The number of rotatable bonds is 11. The number of hydrogen-bond donors (Lipinski definition) is 0. The molecular formula is C11H24O4. The van der Waals surface area contributed by atoms with E-state index in [1.807, 2.05) is 0 Å². The number of hydrogen-bond acceptors (Lipinski definition) is 4. The van der Waals surface area contributed by atoms with Crippen LogP contribution in [0.3, 0.4) is 0 Å². The standard InChI is InChI=1S/C11H24O4/c1-4-5-6-11(14-9-7-12-2)15-10-8-13-3/h11H,4-10H2,1-3H3. The quantitative estimate of drug-likeness (QED) is 0.393. The summed E-state index contributed by atoms with van der Waals surface area (Å²) in [5.41, 5.74) is 0. The van der Waals surface area contributed by atoms with Gasteiger partial charge in [0.05, 0.1) is 26.4 Å². The van der Waals surface area contributed by atoms with Gasteiger partial charge < -0.3 is 18.9 Å². The molecule has 0 amide bonds. The molecular weight excluding hydrogens is 196 g/mol. The predicted octanol–water partition coefficient (Wildman–Crippen LogP) is 1.83.